The molecule has 3 aliphatic rings. The highest BCUT2D eigenvalue weighted by atomic mass is 19.4. The molecule has 6 rings (SSSR count). The van der Waals surface area contributed by atoms with Crippen LogP contribution in [0.4, 0.5) is 18.0 Å². The van der Waals surface area contributed by atoms with Crippen LogP contribution in [0.1, 0.15) is 97.8 Å². The van der Waals surface area contributed by atoms with Crippen molar-refractivity contribution in [2.24, 2.45) is 5.41 Å². The first kappa shape index (κ1) is 37.1. The number of ketones is 1. The Hall–Kier alpha value is -4.15. The second-order valence-electron chi connectivity index (χ2n) is 13.9. The van der Waals surface area contributed by atoms with E-state index < -0.39 is 29.6 Å². The van der Waals surface area contributed by atoms with Crippen molar-refractivity contribution in [1.82, 2.24) is 4.90 Å². The van der Waals surface area contributed by atoms with Crippen LogP contribution >= 0.6 is 0 Å². The van der Waals surface area contributed by atoms with Gasteiger partial charge in [0.05, 0.1) is 24.9 Å². The number of rotatable bonds is 8. The molecule has 3 aliphatic carbocycles. The summed E-state index contributed by atoms with van der Waals surface area (Å²) in [5.41, 5.74) is 2.21. The molecule has 0 aliphatic heterocycles. The predicted octanol–water partition coefficient (Wildman–Crippen LogP) is 8.51. The highest BCUT2D eigenvalue weighted by molar-refractivity contribution is 6.10. The van der Waals surface area contributed by atoms with E-state index in [0.717, 1.165) is 16.7 Å². The molecule has 50 heavy (non-hydrogen) atoms. The van der Waals surface area contributed by atoms with E-state index in [4.69, 9.17) is 4.74 Å². The van der Waals surface area contributed by atoms with Crippen LogP contribution in [0.25, 0.3) is 0 Å². The third kappa shape index (κ3) is 8.58. The lowest BCUT2D eigenvalue weighted by atomic mass is 9.64. The summed E-state index contributed by atoms with van der Waals surface area (Å²) >= 11 is 0. The number of ether oxygens (including phenoxy) is 2. The molecular formula is C40H46F3NO6. The Bertz CT molecular complexity index is 1670. The Morgan fingerprint density at radius 1 is 1.00 bits per heavy atom. The van der Waals surface area contributed by atoms with E-state index in [1.54, 1.807) is 19.1 Å². The first-order valence-electron chi connectivity index (χ1n) is 17.3. The lowest BCUT2D eigenvalue weighted by Gasteiger charge is -2.46. The number of benzene rings is 3. The number of nitrogens with zero attached hydrogens (tertiary/aromatic N) is 1. The maximum absolute atomic E-state index is 14.1. The maximum atomic E-state index is 14.1. The second kappa shape index (κ2) is 15.4. The van der Waals surface area contributed by atoms with Crippen LogP contribution in [0.5, 0.6) is 5.75 Å². The molecule has 0 radical (unpaired) electrons. The quantitative estimate of drug-likeness (QED) is 0.182. The molecule has 1 fully saturated rings. The van der Waals surface area contributed by atoms with Gasteiger partial charge in [-0.25, -0.2) is 4.79 Å². The van der Waals surface area contributed by atoms with Crippen molar-refractivity contribution in [3.8, 4) is 5.75 Å². The fraction of sp³-hybridized carbons (Fsp3) is 0.450. The van der Waals surface area contributed by atoms with Gasteiger partial charge in [-0.15, -0.1) is 13.2 Å². The molecule has 0 heterocycles. The molecule has 0 aromatic heterocycles. The zero-order valence-electron chi connectivity index (χ0n) is 28.8. The van der Waals surface area contributed by atoms with E-state index in [1.165, 1.54) is 29.2 Å². The number of hydrogen-bond acceptors (Lipinski definition) is 6. The number of alkyl halides is 3. The summed E-state index contributed by atoms with van der Waals surface area (Å²) < 4.78 is 47.7. The molecule has 2 N–H and O–H groups in total. The minimum absolute atomic E-state index is 0.0119. The van der Waals surface area contributed by atoms with Crippen molar-refractivity contribution in [2.75, 3.05) is 13.2 Å². The number of hydrogen-bond donors (Lipinski definition) is 2. The van der Waals surface area contributed by atoms with Crippen LogP contribution in [0.3, 0.4) is 0 Å². The molecular weight excluding hydrogens is 647 g/mol. The summed E-state index contributed by atoms with van der Waals surface area (Å²) in [6, 6.07) is 20.1. The maximum Gasteiger partial charge on any atom is 0.573 e. The van der Waals surface area contributed by atoms with Gasteiger partial charge in [0.15, 0.2) is 5.78 Å². The third-order valence-electron chi connectivity index (χ3n) is 10.5. The van der Waals surface area contributed by atoms with E-state index in [9.17, 15) is 33.0 Å². The van der Waals surface area contributed by atoms with Crippen LogP contribution in [0.2, 0.25) is 0 Å². The molecule has 1 saturated carbocycles. The minimum Gasteiger partial charge on any atom is -0.450 e. The number of carbonyl (C=O) groups is 2. The molecule has 4 atom stereocenters. The van der Waals surface area contributed by atoms with Gasteiger partial charge in [0, 0.05) is 23.1 Å². The van der Waals surface area contributed by atoms with Gasteiger partial charge in [0.1, 0.15) is 5.75 Å². The summed E-state index contributed by atoms with van der Waals surface area (Å²) in [5, 5.41) is 23.6. The zero-order chi connectivity index (χ0) is 36.1. The number of allylic oxidation sites excluding steroid dienone is 2. The average molecular weight is 694 g/mol. The molecule has 1 amide bonds. The van der Waals surface area contributed by atoms with Crippen LogP contribution in [-0.2, 0) is 17.7 Å². The Balaban J connectivity index is 1.54. The largest absolute Gasteiger partial charge is 0.573 e. The van der Waals surface area contributed by atoms with Crippen LogP contribution < -0.4 is 4.74 Å². The zero-order valence-corrected chi connectivity index (χ0v) is 28.8. The van der Waals surface area contributed by atoms with E-state index in [0.29, 0.717) is 61.6 Å². The molecule has 3 aromatic rings. The topological polar surface area (TPSA) is 96.3 Å². The summed E-state index contributed by atoms with van der Waals surface area (Å²) in [7, 11) is 0. The highest BCUT2D eigenvalue weighted by Gasteiger charge is 2.57. The number of carbonyl (C=O) groups excluding carboxylic acids is 2. The monoisotopic (exact) mass is 693 g/mol. The van der Waals surface area contributed by atoms with Gasteiger partial charge >= 0.3 is 12.5 Å². The molecule has 2 bridgehead atoms. The van der Waals surface area contributed by atoms with Gasteiger partial charge in [0.2, 0.25) is 0 Å². The van der Waals surface area contributed by atoms with E-state index >= 15 is 0 Å². The van der Waals surface area contributed by atoms with E-state index in [-0.39, 0.29) is 37.1 Å². The highest BCUT2D eigenvalue weighted by Crippen LogP contribution is 2.59. The summed E-state index contributed by atoms with van der Waals surface area (Å²) in [6.45, 7) is 5.75. The number of aliphatic hydroxyl groups is 2. The third-order valence-corrected chi connectivity index (χ3v) is 10.5. The SMILES string of the molecule is CCOC(=O)N(Cc1ccc(OC(F)(F)F)cc1)CC1(O)CCC2c3ccc(cc3C(=O)c3ccccc3)CC(O)CCC(C)=CCCC21C. The lowest BCUT2D eigenvalue weighted by molar-refractivity contribution is -0.274. The van der Waals surface area contributed by atoms with E-state index in [2.05, 4.69) is 10.8 Å². The Morgan fingerprint density at radius 2 is 1.72 bits per heavy atom. The van der Waals surface area contributed by atoms with Crippen molar-refractivity contribution < 1.29 is 42.4 Å². The molecule has 0 spiro atoms. The number of amides is 1. The standard InChI is InChI=1S/C40H46F3NO6/c1-4-49-37(47)44(25-28-13-17-32(18-14-28)50-40(41,42)43)26-39(48)22-20-35-33-19-15-29(24-34(33)36(46)30-10-6-5-7-11-30)23-31(45)16-12-27(2)9-8-21-38(35,39)3/h5-7,9-11,13-15,17-19,24,31,35,45,48H,4,8,12,16,20-23,25-26H2,1-3H3. The summed E-state index contributed by atoms with van der Waals surface area (Å²) in [6.07, 6.45) is -0.125. The molecule has 0 saturated heterocycles. The van der Waals surface area contributed by atoms with Crippen LogP contribution in [0, 0.1) is 5.41 Å². The average Bonchev–Trinajstić information content (AvgIpc) is 3.32. The Morgan fingerprint density at radius 3 is 2.40 bits per heavy atom. The fourth-order valence-electron chi connectivity index (χ4n) is 7.67. The summed E-state index contributed by atoms with van der Waals surface area (Å²) in [5.74, 6) is -0.768. The predicted molar refractivity (Wildman–Crippen MR) is 184 cm³/mol. The van der Waals surface area contributed by atoms with Crippen molar-refractivity contribution in [3.63, 3.8) is 0 Å². The normalized spacial score (nSPS) is 24.1. The number of aliphatic hydroxyl groups excluding tert-OH is 1. The molecule has 7 nitrogen and oxygen atoms in total. The first-order chi connectivity index (χ1) is 23.7. The Kier molecular flexibility index (Phi) is 11.4. The van der Waals surface area contributed by atoms with Crippen LogP contribution in [0.15, 0.2) is 84.4 Å². The fourth-order valence-corrected chi connectivity index (χ4v) is 7.67. The van der Waals surface area contributed by atoms with Crippen LogP contribution in [-0.4, -0.2) is 58.2 Å². The Labute approximate surface area is 291 Å². The van der Waals surface area contributed by atoms with Gasteiger partial charge in [-0.3, -0.25) is 4.79 Å². The molecule has 268 valence electrons. The first-order valence-corrected chi connectivity index (χ1v) is 17.3. The molecule has 3 aromatic carbocycles. The lowest BCUT2D eigenvalue weighted by Crippen LogP contribution is -2.53. The molecule has 10 heteroatoms. The smallest absolute Gasteiger partial charge is 0.450 e. The van der Waals surface area contributed by atoms with Crippen molar-refractivity contribution in [3.05, 3.63) is 112 Å². The van der Waals surface area contributed by atoms with Gasteiger partial charge in [-0.2, -0.15) is 0 Å². The van der Waals surface area contributed by atoms with Crippen molar-refractivity contribution in [2.45, 2.75) is 96.2 Å². The van der Waals surface area contributed by atoms with Crippen molar-refractivity contribution in [1.29, 1.82) is 0 Å². The minimum atomic E-state index is -4.83. The van der Waals surface area contributed by atoms with Gasteiger partial charge in [-0.1, -0.05) is 73.2 Å². The number of halogens is 3. The summed E-state index contributed by atoms with van der Waals surface area (Å²) in [4.78, 5) is 28.9. The van der Waals surface area contributed by atoms with Gasteiger partial charge in [0.25, 0.3) is 0 Å². The number of fused-ring (bicyclic) bond motifs is 8. The van der Waals surface area contributed by atoms with Gasteiger partial charge < -0.3 is 24.6 Å². The molecule has 4 unspecified atom stereocenters. The second-order valence-corrected chi connectivity index (χ2v) is 13.9. The van der Waals surface area contributed by atoms with E-state index in [1.807, 2.05) is 50.2 Å². The van der Waals surface area contributed by atoms with Crippen molar-refractivity contribution >= 4 is 11.9 Å². The van der Waals surface area contributed by atoms with Gasteiger partial charge in [-0.05, 0) is 99.6 Å².